The molecule has 0 aromatic heterocycles. The van der Waals surface area contributed by atoms with Gasteiger partial charge in [-0.3, -0.25) is 19.2 Å². The first kappa shape index (κ1) is 21.5. The number of nitrogens with one attached hydrogen (secondary N) is 1. The van der Waals surface area contributed by atoms with E-state index in [4.69, 9.17) is 0 Å². The lowest BCUT2D eigenvalue weighted by molar-refractivity contribution is -0.142. The summed E-state index contributed by atoms with van der Waals surface area (Å²) in [6.45, 7) is 1.99. The molecule has 0 heterocycles. The van der Waals surface area contributed by atoms with Crippen LogP contribution in [0.25, 0.3) is 0 Å². The predicted molar refractivity (Wildman–Crippen MR) is 115 cm³/mol. The van der Waals surface area contributed by atoms with Gasteiger partial charge in [0, 0.05) is 11.9 Å². The number of rotatable bonds is 5. The highest BCUT2D eigenvalue weighted by atomic mass is 32.2. The first-order chi connectivity index (χ1) is 14.2. The standard InChI is InChI=1S/C21H27N3O4S2/c1-14-3-5-15(6-4-14)8-18(25)24(19(26)29-22-2)21-11-16-7-17(12-21)10-20(9-16,13-21)23-30(27)28/h3-6,16-17,22H,7-13H2,1-2H3. The molecule has 0 saturated heterocycles. The summed E-state index contributed by atoms with van der Waals surface area (Å²) in [5.74, 6) is 0.355. The molecule has 1 aromatic rings. The molecule has 1 N–H and O–H groups in total. The quantitative estimate of drug-likeness (QED) is 0.691. The van der Waals surface area contributed by atoms with Crippen LogP contribution in [0.4, 0.5) is 4.79 Å². The molecular weight excluding hydrogens is 422 g/mol. The van der Waals surface area contributed by atoms with Crippen LogP contribution in [0.2, 0.25) is 0 Å². The van der Waals surface area contributed by atoms with Crippen molar-refractivity contribution in [1.29, 1.82) is 0 Å². The van der Waals surface area contributed by atoms with Crippen LogP contribution >= 0.6 is 11.9 Å². The van der Waals surface area contributed by atoms with Crippen LogP contribution in [0.3, 0.4) is 0 Å². The maximum Gasteiger partial charge on any atom is 0.311 e. The van der Waals surface area contributed by atoms with E-state index < -0.39 is 21.6 Å². The molecule has 4 bridgehead atoms. The molecule has 1 aromatic carbocycles. The van der Waals surface area contributed by atoms with Crippen LogP contribution in [0.15, 0.2) is 28.6 Å². The summed E-state index contributed by atoms with van der Waals surface area (Å²) >= 11 is 0.906. The number of carbonyl (C=O) groups excluding carboxylic acids is 2. The minimum atomic E-state index is -2.50. The van der Waals surface area contributed by atoms with Crippen molar-refractivity contribution in [2.45, 2.75) is 62.9 Å². The number of imide groups is 1. The highest BCUT2D eigenvalue weighted by molar-refractivity contribution is 8.11. The Morgan fingerprint density at radius 2 is 1.80 bits per heavy atom. The molecule has 0 radical (unpaired) electrons. The number of carbonyl (C=O) groups is 2. The fourth-order valence-corrected chi connectivity index (χ4v) is 7.44. The molecule has 4 aliphatic carbocycles. The normalized spacial score (nSPS) is 31.4. The van der Waals surface area contributed by atoms with Crippen LogP contribution in [0.5, 0.6) is 0 Å². The Kier molecular flexibility index (Phi) is 5.80. The van der Waals surface area contributed by atoms with Crippen molar-refractivity contribution in [2.24, 2.45) is 16.2 Å². The molecule has 0 spiro atoms. The number of nitrogens with zero attached hydrogens (tertiary/aromatic N) is 2. The average Bonchev–Trinajstić information content (AvgIpc) is 2.61. The molecular formula is C21H27N3O4S2. The van der Waals surface area contributed by atoms with Gasteiger partial charge in [0.05, 0.1) is 17.5 Å². The van der Waals surface area contributed by atoms with Crippen LogP contribution < -0.4 is 4.72 Å². The molecule has 2 atom stereocenters. The van der Waals surface area contributed by atoms with Gasteiger partial charge in [0.25, 0.3) is 0 Å². The Morgan fingerprint density at radius 1 is 1.17 bits per heavy atom. The number of benzene rings is 1. The molecule has 0 aliphatic heterocycles. The van der Waals surface area contributed by atoms with Gasteiger partial charge < -0.3 is 0 Å². The van der Waals surface area contributed by atoms with Gasteiger partial charge >= 0.3 is 15.7 Å². The largest absolute Gasteiger partial charge is 0.311 e. The summed E-state index contributed by atoms with van der Waals surface area (Å²) in [4.78, 5) is 28.0. The van der Waals surface area contributed by atoms with Gasteiger partial charge in [-0.05, 0) is 69.9 Å². The van der Waals surface area contributed by atoms with Crippen molar-refractivity contribution in [2.75, 3.05) is 7.05 Å². The molecule has 30 heavy (non-hydrogen) atoms. The van der Waals surface area contributed by atoms with Crippen molar-refractivity contribution < 1.29 is 18.0 Å². The van der Waals surface area contributed by atoms with Crippen molar-refractivity contribution in [3.05, 3.63) is 35.4 Å². The first-order valence-electron chi connectivity index (χ1n) is 10.3. The Bertz CT molecular complexity index is 968. The summed E-state index contributed by atoms with van der Waals surface area (Å²) < 4.78 is 29.8. The van der Waals surface area contributed by atoms with E-state index in [0.717, 1.165) is 55.2 Å². The van der Waals surface area contributed by atoms with Gasteiger partial charge in [-0.15, -0.1) is 0 Å². The fourth-order valence-electron chi connectivity index (χ4n) is 6.35. The maximum absolute atomic E-state index is 13.5. The van der Waals surface area contributed by atoms with E-state index in [0.29, 0.717) is 18.3 Å². The van der Waals surface area contributed by atoms with Crippen LogP contribution in [-0.4, -0.2) is 42.6 Å². The topological polar surface area (TPSA) is 95.9 Å². The van der Waals surface area contributed by atoms with E-state index in [2.05, 4.69) is 9.08 Å². The Morgan fingerprint density at radius 3 is 2.37 bits per heavy atom. The van der Waals surface area contributed by atoms with Gasteiger partial charge in [-0.25, -0.2) is 0 Å². The Hall–Kier alpha value is -1.71. The zero-order valence-electron chi connectivity index (χ0n) is 17.3. The van der Waals surface area contributed by atoms with Gasteiger partial charge in [-0.1, -0.05) is 29.8 Å². The molecule has 4 fully saturated rings. The van der Waals surface area contributed by atoms with E-state index in [9.17, 15) is 18.0 Å². The second kappa shape index (κ2) is 8.09. The van der Waals surface area contributed by atoms with Gasteiger partial charge in [0.1, 0.15) is 0 Å². The third-order valence-electron chi connectivity index (χ3n) is 6.84. The molecule has 5 rings (SSSR count). The third kappa shape index (κ3) is 4.07. The second-order valence-electron chi connectivity index (χ2n) is 9.18. The maximum atomic E-state index is 13.5. The smallest absolute Gasteiger partial charge is 0.274 e. The van der Waals surface area contributed by atoms with Crippen LogP contribution in [0, 0.1) is 18.8 Å². The van der Waals surface area contributed by atoms with E-state index in [1.54, 1.807) is 7.05 Å². The molecule has 9 heteroatoms. The number of hydrogen-bond donors (Lipinski definition) is 1. The SMILES string of the molecule is CNSC(=O)N(C(=O)Cc1ccc(C)cc1)C12CC3CC(CC(N=S(=O)=O)(C3)C1)C2. The lowest BCUT2D eigenvalue weighted by atomic mass is 9.49. The third-order valence-corrected chi connectivity index (χ3v) is 7.94. The van der Waals surface area contributed by atoms with Crippen molar-refractivity contribution in [3.8, 4) is 0 Å². The summed E-state index contributed by atoms with van der Waals surface area (Å²) in [5, 5.41) is -0.324. The second-order valence-corrected chi connectivity index (χ2v) is 10.8. The highest BCUT2D eigenvalue weighted by Crippen LogP contribution is 2.61. The van der Waals surface area contributed by atoms with Crippen molar-refractivity contribution >= 4 is 33.6 Å². The predicted octanol–water partition coefficient (Wildman–Crippen LogP) is 3.51. The number of amides is 2. The zero-order chi connectivity index (χ0) is 21.5. The van der Waals surface area contributed by atoms with Crippen molar-refractivity contribution in [3.63, 3.8) is 0 Å². The fraction of sp³-hybridized carbons (Fsp3) is 0.619. The van der Waals surface area contributed by atoms with Gasteiger partial charge in [0.2, 0.25) is 5.91 Å². The average molecular weight is 450 g/mol. The Balaban J connectivity index is 1.69. The summed E-state index contributed by atoms with van der Waals surface area (Å²) in [6.07, 6.45) is 4.54. The molecule has 7 nitrogen and oxygen atoms in total. The van der Waals surface area contributed by atoms with E-state index in [1.807, 2.05) is 31.2 Å². The van der Waals surface area contributed by atoms with Gasteiger partial charge in [-0.2, -0.15) is 12.8 Å². The molecule has 4 saturated carbocycles. The van der Waals surface area contributed by atoms with E-state index >= 15 is 0 Å². The minimum Gasteiger partial charge on any atom is -0.274 e. The summed E-state index contributed by atoms with van der Waals surface area (Å²) in [6, 6.07) is 7.74. The minimum absolute atomic E-state index is 0.144. The number of aryl methyl sites for hydroxylation is 1. The zero-order valence-corrected chi connectivity index (χ0v) is 18.9. The van der Waals surface area contributed by atoms with Gasteiger partial charge in [0.15, 0.2) is 0 Å². The molecule has 2 unspecified atom stereocenters. The van der Waals surface area contributed by atoms with E-state index in [-0.39, 0.29) is 17.6 Å². The van der Waals surface area contributed by atoms with Crippen LogP contribution in [-0.2, 0) is 21.7 Å². The summed E-state index contributed by atoms with van der Waals surface area (Å²) in [7, 11) is -0.844. The molecule has 2 amide bonds. The van der Waals surface area contributed by atoms with E-state index in [1.165, 1.54) is 4.90 Å². The van der Waals surface area contributed by atoms with Crippen LogP contribution in [0.1, 0.15) is 49.7 Å². The molecule has 4 aliphatic rings. The molecule has 162 valence electrons. The lowest BCUT2D eigenvalue weighted by Crippen LogP contribution is -2.67. The first-order valence-corrected chi connectivity index (χ1v) is 12.2. The lowest BCUT2D eigenvalue weighted by Gasteiger charge is -2.62. The van der Waals surface area contributed by atoms with Crippen molar-refractivity contribution in [1.82, 2.24) is 9.62 Å². The Labute approximate surface area is 182 Å². The summed E-state index contributed by atoms with van der Waals surface area (Å²) in [5.41, 5.74) is 0.641. The highest BCUT2D eigenvalue weighted by Gasteiger charge is 2.62. The monoisotopic (exact) mass is 449 g/mol. The number of hydrogen-bond acceptors (Lipinski definition) is 7.